The van der Waals surface area contributed by atoms with Gasteiger partial charge in [0.15, 0.2) is 0 Å². The maximum Gasteiger partial charge on any atom is 0.256 e. The molecule has 230 valence electrons. The lowest BCUT2D eigenvalue weighted by Crippen LogP contribution is -2.49. The lowest BCUT2D eigenvalue weighted by Gasteiger charge is -2.44. The Kier molecular flexibility index (Phi) is 8.14. The summed E-state index contributed by atoms with van der Waals surface area (Å²) in [5, 5.41) is 3.84. The van der Waals surface area contributed by atoms with E-state index in [1.54, 1.807) is 12.1 Å². The Bertz CT molecular complexity index is 1840. The molecule has 2 atom stereocenters. The number of nitrogens with one attached hydrogen (secondary N) is 1. The summed E-state index contributed by atoms with van der Waals surface area (Å²) in [7, 11) is 0. The van der Waals surface area contributed by atoms with Crippen LogP contribution in [0.5, 0.6) is 0 Å². The van der Waals surface area contributed by atoms with E-state index in [1.165, 1.54) is 0 Å². The maximum absolute atomic E-state index is 13.8. The van der Waals surface area contributed by atoms with Gasteiger partial charge in [0, 0.05) is 73.5 Å². The van der Waals surface area contributed by atoms with Gasteiger partial charge >= 0.3 is 0 Å². The number of piperidine rings is 1. The summed E-state index contributed by atoms with van der Waals surface area (Å²) < 4.78 is 2.61. The van der Waals surface area contributed by atoms with Crippen molar-refractivity contribution in [3.63, 3.8) is 0 Å². The molecule has 7 rings (SSSR count). The number of rotatable bonds is 5. The monoisotopic (exact) mass is 685 g/mol. The van der Waals surface area contributed by atoms with Gasteiger partial charge in [0.1, 0.15) is 0 Å². The summed E-state index contributed by atoms with van der Waals surface area (Å²) in [6.07, 6.45) is 1.02. The second kappa shape index (κ2) is 12.4. The number of nitrogens with zero attached hydrogens (tertiary/aromatic N) is 4. The van der Waals surface area contributed by atoms with Crippen LogP contribution < -0.4 is 20.7 Å². The third-order valence-electron chi connectivity index (χ3n) is 9.19. The molecule has 3 aliphatic rings. The summed E-state index contributed by atoms with van der Waals surface area (Å²) in [5.74, 6) is 0.184. The predicted octanol–water partition coefficient (Wildman–Crippen LogP) is 6.10. The van der Waals surface area contributed by atoms with Gasteiger partial charge in [-0.2, -0.15) is 0 Å². The molecule has 1 N–H and O–H groups in total. The van der Waals surface area contributed by atoms with Gasteiger partial charge < -0.3 is 24.6 Å². The molecule has 2 saturated heterocycles. The highest BCUT2D eigenvalue weighted by molar-refractivity contribution is 9.10. The van der Waals surface area contributed by atoms with Crippen molar-refractivity contribution in [2.75, 3.05) is 54.4 Å². The fourth-order valence-electron chi connectivity index (χ4n) is 7.01. The second-order valence-corrected chi connectivity index (χ2v) is 13.3. The number of para-hydroxylation sites is 1. The van der Waals surface area contributed by atoms with Crippen LogP contribution in [-0.4, -0.2) is 60.5 Å². The van der Waals surface area contributed by atoms with Crippen LogP contribution >= 0.6 is 27.5 Å². The molecule has 0 saturated carbocycles. The molecule has 2 bridgehead atoms. The number of piperazine rings is 1. The van der Waals surface area contributed by atoms with E-state index in [0.29, 0.717) is 65.0 Å². The smallest absolute Gasteiger partial charge is 0.256 e. The molecule has 3 aromatic carbocycles. The lowest BCUT2D eigenvalue weighted by atomic mass is 9.83. The van der Waals surface area contributed by atoms with Crippen LogP contribution in [0.2, 0.25) is 5.02 Å². The zero-order chi connectivity index (χ0) is 31.1. The first-order valence-corrected chi connectivity index (χ1v) is 16.5. The summed E-state index contributed by atoms with van der Waals surface area (Å²) in [6, 6.07) is 26.2. The Labute approximate surface area is 275 Å². The number of fused-ring (bicyclic) bond motifs is 4. The molecule has 1 aromatic heterocycles. The molecule has 8 nitrogen and oxygen atoms in total. The van der Waals surface area contributed by atoms with E-state index in [1.807, 2.05) is 76.2 Å². The average molecular weight is 687 g/mol. The van der Waals surface area contributed by atoms with Crippen LogP contribution in [0.15, 0.2) is 94.2 Å². The lowest BCUT2D eigenvalue weighted by molar-refractivity contribution is 0.0746. The van der Waals surface area contributed by atoms with Crippen molar-refractivity contribution in [1.29, 1.82) is 0 Å². The van der Waals surface area contributed by atoms with E-state index >= 15 is 0 Å². The van der Waals surface area contributed by atoms with E-state index in [2.05, 4.69) is 37.1 Å². The van der Waals surface area contributed by atoms with Crippen molar-refractivity contribution in [2.45, 2.75) is 18.9 Å². The van der Waals surface area contributed by atoms with E-state index < -0.39 is 0 Å². The van der Waals surface area contributed by atoms with Gasteiger partial charge in [0.05, 0.1) is 27.6 Å². The van der Waals surface area contributed by atoms with Crippen molar-refractivity contribution in [3.05, 3.63) is 122 Å². The highest BCUT2D eigenvalue weighted by Gasteiger charge is 2.35. The molecule has 2 fully saturated rings. The topological polar surface area (TPSA) is 77.9 Å². The minimum absolute atomic E-state index is 0.0487. The molecular formula is C35H33BrClN5O3. The summed E-state index contributed by atoms with van der Waals surface area (Å²) in [6.45, 7) is 4.65. The minimum Gasteiger partial charge on any atom is -0.369 e. The number of hydrogen-bond donors (Lipinski definition) is 1. The Hall–Kier alpha value is -4.08. The molecule has 0 aliphatic carbocycles. The average Bonchev–Trinajstić information content (AvgIpc) is 3.05. The number of aromatic nitrogens is 1. The molecule has 0 spiro atoms. The van der Waals surface area contributed by atoms with Gasteiger partial charge in [-0.15, -0.1) is 0 Å². The van der Waals surface area contributed by atoms with Crippen LogP contribution in [0.1, 0.15) is 38.7 Å². The largest absolute Gasteiger partial charge is 0.369 e. The zero-order valence-corrected chi connectivity index (χ0v) is 27.0. The van der Waals surface area contributed by atoms with Crippen molar-refractivity contribution >= 4 is 56.4 Å². The summed E-state index contributed by atoms with van der Waals surface area (Å²) in [5.41, 5.74) is 4.60. The number of benzene rings is 3. The van der Waals surface area contributed by atoms with Crippen LogP contribution in [0, 0.1) is 5.92 Å². The van der Waals surface area contributed by atoms with Gasteiger partial charge in [0.25, 0.3) is 17.4 Å². The summed E-state index contributed by atoms with van der Waals surface area (Å²) >= 11 is 9.93. The Morgan fingerprint density at radius 2 is 1.58 bits per heavy atom. The number of carbonyl (C=O) groups excluding carboxylic acids is 2. The van der Waals surface area contributed by atoms with Crippen LogP contribution in [0.25, 0.3) is 0 Å². The second-order valence-electron chi connectivity index (χ2n) is 12.0. The van der Waals surface area contributed by atoms with Crippen LogP contribution in [-0.2, 0) is 6.54 Å². The minimum atomic E-state index is -0.254. The first-order chi connectivity index (χ1) is 21.9. The first kappa shape index (κ1) is 29.6. The normalized spacial score (nSPS) is 19.2. The van der Waals surface area contributed by atoms with Crippen molar-refractivity contribution in [3.8, 4) is 0 Å². The van der Waals surface area contributed by atoms with E-state index in [-0.39, 0.29) is 23.3 Å². The molecule has 4 aromatic rings. The number of halogens is 2. The number of amides is 2. The van der Waals surface area contributed by atoms with Gasteiger partial charge in [-0.1, -0.05) is 41.9 Å². The molecule has 3 aliphatic heterocycles. The van der Waals surface area contributed by atoms with Crippen LogP contribution in [0.3, 0.4) is 0 Å². The highest BCUT2D eigenvalue weighted by Crippen LogP contribution is 2.40. The first-order valence-electron chi connectivity index (χ1n) is 15.3. The van der Waals surface area contributed by atoms with Gasteiger partial charge in [-0.3, -0.25) is 14.4 Å². The fourth-order valence-corrected chi connectivity index (χ4v) is 7.73. The molecule has 0 radical (unpaired) electrons. The quantitative estimate of drug-likeness (QED) is 0.275. The van der Waals surface area contributed by atoms with Crippen molar-refractivity contribution < 1.29 is 9.59 Å². The Morgan fingerprint density at radius 3 is 2.38 bits per heavy atom. The number of pyridine rings is 1. The number of hydrogen-bond acceptors (Lipinski definition) is 5. The standard InChI is InChI=1S/C35H33BrClN5O3/c36-27-7-2-1-6-26(27)34(44)38-29-19-24(35(45)40-16-14-39(15-17-40)31-9-4-3-8-28(31)37)12-13-32(29)41-20-23-18-25(22-41)30-10-5-11-33(43)42(30)21-23/h1-13,19,23,25H,14-18,20-22H2,(H,38,44)/t23-,25+/m1/s1. The molecule has 10 heteroatoms. The van der Waals surface area contributed by atoms with Gasteiger partial charge in [0.2, 0.25) is 0 Å². The molecule has 0 unspecified atom stereocenters. The predicted molar refractivity (Wildman–Crippen MR) is 182 cm³/mol. The molecule has 2 amide bonds. The Morgan fingerprint density at radius 1 is 0.800 bits per heavy atom. The molecule has 4 heterocycles. The maximum atomic E-state index is 13.8. The van der Waals surface area contributed by atoms with Gasteiger partial charge in [-0.25, -0.2) is 0 Å². The third-order valence-corrected chi connectivity index (χ3v) is 10.2. The van der Waals surface area contributed by atoms with Crippen molar-refractivity contribution in [2.24, 2.45) is 5.92 Å². The Balaban J connectivity index is 1.16. The van der Waals surface area contributed by atoms with Gasteiger partial charge in [-0.05, 0) is 76.8 Å². The number of carbonyl (C=O) groups is 2. The van der Waals surface area contributed by atoms with Crippen molar-refractivity contribution in [1.82, 2.24) is 9.47 Å². The molecular weight excluding hydrogens is 654 g/mol. The highest BCUT2D eigenvalue weighted by atomic mass is 79.9. The number of anilines is 3. The fraction of sp³-hybridized carbons (Fsp3) is 0.286. The van der Waals surface area contributed by atoms with E-state index in [9.17, 15) is 14.4 Å². The SMILES string of the molecule is O=C(Nc1cc(C(=O)N2CCN(c3ccccc3Cl)CC2)ccc1N1C[C@H]2C[C@@H](C1)c1cccc(=O)n1C2)c1ccccc1Br. The third kappa shape index (κ3) is 5.87. The zero-order valence-electron chi connectivity index (χ0n) is 24.7. The molecule has 45 heavy (non-hydrogen) atoms. The van der Waals surface area contributed by atoms with E-state index in [4.69, 9.17) is 11.6 Å². The van der Waals surface area contributed by atoms with E-state index in [0.717, 1.165) is 36.6 Å². The van der Waals surface area contributed by atoms with Crippen LogP contribution in [0.4, 0.5) is 17.1 Å². The summed E-state index contributed by atoms with van der Waals surface area (Å²) in [4.78, 5) is 46.3.